The molecule has 0 atom stereocenters. The van der Waals surface area contributed by atoms with Gasteiger partial charge in [-0.25, -0.2) is 13.4 Å². The number of anilines is 1. The highest BCUT2D eigenvalue weighted by Gasteiger charge is 2.22. The summed E-state index contributed by atoms with van der Waals surface area (Å²) in [7, 11) is -3.88. The Bertz CT molecular complexity index is 941. The van der Waals surface area contributed by atoms with Crippen LogP contribution in [0.1, 0.15) is 27.3 Å². The molecule has 1 saturated heterocycles. The first-order valence-electron chi connectivity index (χ1n) is 9.18. The topological polar surface area (TPSA) is 101 Å². The van der Waals surface area contributed by atoms with Crippen LogP contribution in [0, 0.1) is 6.92 Å². The molecule has 3 rings (SSSR count). The van der Waals surface area contributed by atoms with E-state index in [2.05, 4.69) is 15.2 Å². The number of hydrogen-bond donors (Lipinski definition) is 2. The number of thiazole rings is 1. The Labute approximate surface area is 179 Å². The van der Waals surface area contributed by atoms with Crippen LogP contribution in [0.4, 0.5) is 5.13 Å². The molecule has 8 nitrogen and oxygen atoms in total. The Morgan fingerprint density at radius 3 is 2.62 bits per heavy atom. The minimum Gasteiger partial charge on any atom is -0.378 e. The van der Waals surface area contributed by atoms with Gasteiger partial charge in [-0.15, -0.1) is 16.4 Å². The number of rotatable bonds is 8. The monoisotopic (exact) mass is 458 g/mol. The number of benzene rings is 1. The summed E-state index contributed by atoms with van der Waals surface area (Å²) in [6, 6.07) is 6.49. The molecule has 2 aromatic rings. The van der Waals surface area contributed by atoms with Gasteiger partial charge in [-0.3, -0.25) is 10.2 Å². The van der Waals surface area contributed by atoms with Crippen molar-refractivity contribution in [1.29, 1.82) is 0 Å². The first-order chi connectivity index (χ1) is 13.9. The number of halogens is 1. The lowest BCUT2D eigenvalue weighted by Gasteiger charge is -2.25. The number of sulfonamides is 1. The summed E-state index contributed by atoms with van der Waals surface area (Å²) in [5, 5.41) is 0.728. The Balaban J connectivity index is 1.62. The standard InChI is InChI=1S/C18H23ClN4O4S2/c1-13-16(28-18(20-13)23-9-11-27-12-10-23)17(24)21-22-29(25,26)15-6-4-14(5-7-15)3-2-8-19/h4-7,22H,2-3,8-12H2,1H3,(H,21,24). The second kappa shape index (κ2) is 9.86. The van der Waals surface area contributed by atoms with Crippen molar-refractivity contribution in [1.82, 2.24) is 15.2 Å². The molecule has 1 amide bonds. The second-order valence-electron chi connectivity index (χ2n) is 6.51. The predicted octanol–water partition coefficient (Wildman–Crippen LogP) is 2.08. The number of amides is 1. The Morgan fingerprint density at radius 2 is 1.97 bits per heavy atom. The first-order valence-corrected chi connectivity index (χ1v) is 12.0. The minimum absolute atomic E-state index is 0.0717. The van der Waals surface area contributed by atoms with Gasteiger partial charge in [0.2, 0.25) is 0 Å². The number of ether oxygens (including phenoxy) is 1. The average molecular weight is 459 g/mol. The molecule has 0 radical (unpaired) electrons. The average Bonchev–Trinajstić information content (AvgIpc) is 3.13. The highest BCUT2D eigenvalue weighted by atomic mass is 35.5. The Kier molecular flexibility index (Phi) is 7.47. The molecule has 1 aliphatic heterocycles. The molecule has 1 fully saturated rings. The van der Waals surface area contributed by atoms with Gasteiger partial charge in [0.1, 0.15) is 4.88 Å². The molecule has 0 aliphatic carbocycles. The van der Waals surface area contributed by atoms with Crippen molar-refractivity contribution in [3.05, 3.63) is 40.4 Å². The van der Waals surface area contributed by atoms with E-state index >= 15 is 0 Å². The smallest absolute Gasteiger partial charge is 0.278 e. The number of alkyl halides is 1. The third kappa shape index (κ3) is 5.67. The maximum absolute atomic E-state index is 12.5. The molecule has 0 spiro atoms. The number of morpholine rings is 1. The summed E-state index contributed by atoms with van der Waals surface area (Å²) >= 11 is 6.91. The van der Waals surface area contributed by atoms with Crippen LogP contribution in [0.15, 0.2) is 29.2 Å². The van der Waals surface area contributed by atoms with Gasteiger partial charge in [0.25, 0.3) is 15.9 Å². The highest BCUT2D eigenvalue weighted by molar-refractivity contribution is 7.89. The summed E-state index contributed by atoms with van der Waals surface area (Å²) in [5.74, 6) is 0.0135. The number of hydrazine groups is 1. The normalized spacial score (nSPS) is 14.8. The van der Waals surface area contributed by atoms with E-state index in [-0.39, 0.29) is 4.90 Å². The van der Waals surface area contributed by atoms with E-state index in [0.717, 1.165) is 23.5 Å². The molecule has 11 heteroatoms. The lowest BCUT2D eigenvalue weighted by atomic mass is 10.1. The fourth-order valence-electron chi connectivity index (χ4n) is 2.82. The molecule has 2 N–H and O–H groups in total. The van der Waals surface area contributed by atoms with E-state index in [1.165, 1.54) is 23.5 Å². The zero-order valence-corrected chi connectivity index (χ0v) is 18.4. The first kappa shape index (κ1) is 22.0. The van der Waals surface area contributed by atoms with Crippen LogP contribution in [-0.2, 0) is 21.2 Å². The van der Waals surface area contributed by atoms with E-state index < -0.39 is 15.9 Å². The molecule has 1 aliphatic rings. The van der Waals surface area contributed by atoms with Gasteiger partial charge in [0, 0.05) is 19.0 Å². The van der Waals surface area contributed by atoms with E-state index in [4.69, 9.17) is 16.3 Å². The van der Waals surface area contributed by atoms with Crippen LogP contribution in [0.25, 0.3) is 0 Å². The molecule has 2 heterocycles. The summed E-state index contributed by atoms with van der Waals surface area (Å²) in [4.78, 5) is 21.6. The number of carbonyl (C=O) groups excluding carboxylic acids is 1. The van der Waals surface area contributed by atoms with Crippen LogP contribution in [0.3, 0.4) is 0 Å². The molecule has 29 heavy (non-hydrogen) atoms. The van der Waals surface area contributed by atoms with Gasteiger partial charge in [-0.1, -0.05) is 23.5 Å². The number of carbonyl (C=O) groups is 1. The number of aryl methyl sites for hydroxylation is 2. The van der Waals surface area contributed by atoms with Crippen LogP contribution < -0.4 is 15.2 Å². The summed E-state index contributed by atoms with van der Waals surface area (Å²) in [5.41, 5.74) is 3.83. The van der Waals surface area contributed by atoms with Crippen molar-refractivity contribution in [2.24, 2.45) is 0 Å². The number of nitrogens with one attached hydrogen (secondary N) is 2. The van der Waals surface area contributed by atoms with Crippen molar-refractivity contribution in [3.8, 4) is 0 Å². The van der Waals surface area contributed by atoms with E-state index in [9.17, 15) is 13.2 Å². The van der Waals surface area contributed by atoms with Crippen molar-refractivity contribution >= 4 is 44.0 Å². The predicted molar refractivity (Wildman–Crippen MR) is 113 cm³/mol. The lowest BCUT2D eigenvalue weighted by molar-refractivity contribution is 0.0948. The van der Waals surface area contributed by atoms with Crippen molar-refractivity contribution in [2.45, 2.75) is 24.7 Å². The molecule has 1 aromatic heterocycles. The van der Waals surface area contributed by atoms with E-state index in [1.54, 1.807) is 19.1 Å². The maximum atomic E-state index is 12.5. The maximum Gasteiger partial charge on any atom is 0.278 e. The largest absolute Gasteiger partial charge is 0.378 e. The fourth-order valence-corrected chi connectivity index (χ4v) is 4.81. The molecule has 158 valence electrons. The quantitative estimate of drug-likeness (QED) is 0.464. The van der Waals surface area contributed by atoms with E-state index in [0.29, 0.717) is 42.8 Å². The Morgan fingerprint density at radius 1 is 1.28 bits per heavy atom. The van der Waals surface area contributed by atoms with E-state index in [1.807, 2.05) is 4.90 Å². The fraction of sp³-hybridized carbons (Fsp3) is 0.444. The minimum atomic E-state index is -3.88. The number of hydrogen-bond acceptors (Lipinski definition) is 7. The summed E-state index contributed by atoms with van der Waals surface area (Å²) < 4.78 is 30.2. The molecule has 0 bridgehead atoms. The van der Waals surface area contributed by atoms with Gasteiger partial charge in [-0.2, -0.15) is 0 Å². The van der Waals surface area contributed by atoms with Crippen LogP contribution in [-0.4, -0.2) is 51.5 Å². The number of nitrogens with zero attached hydrogens (tertiary/aromatic N) is 2. The Hall–Kier alpha value is -1.72. The van der Waals surface area contributed by atoms with Gasteiger partial charge in [0.15, 0.2) is 5.13 Å². The third-order valence-corrected chi connectivity index (χ3v) is 7.15. The lowest BCUT2D eigenvalue weighted by Crippen LogP contribution is -2.41. The zero-order valence-electron chi connectivity index (χ0n) is 16.0. The molecule has 0 saturated carbocycles. The molecular formula is C18H23ClN4O4S2. The molecule has 0 unspecified atom stereocenters. The van der Waals surface area contributed by atoms with Gasteiger partial charge < -0.3 is 9.64 Å². The van der Waals surface area contributed by atoms with Crippen LogP contribution in [0.2, 0.25) is 0 Å². The van der Waals surface area contributed by atoms with Gasteiger partial charge >= 0.3 is 0 Å². The third-order valence-electron chi connectivity index (χ3n) is 4.40. The number of aromatic nitrogens is 1. The van der Waals surface area contributed by atoms with Crippen molar-refractivity contribution in [2.75, 3.05) is 37.1 Å². The molecular weight excluding hydrogens is 436 g/mol. The van der Waals surface area contributed by atoms with Crippen molar-refractivity contribution in [3.63, 3.8) is 0 Å². The van der Waals surface area contributed by atoms with Crippen molar-refractivity contribution < 1.29 is 17.9 Å². The SMILES string of the molecule is Cc1nc(N2CCOCC2)sc1C(=O)NNS(=O)(=O)c1ccc(CCCCl)cc1. The second-order valence-corrected chi connectivity index (χ2v) is 9.54. The van der Waals surface area contributed by atoms with Crippen LogP contribution >= 0.6 is 22.9 Å². The zero-order chi connectivity index (χ0) is 20.9. The van der Waals surface area contributed by atoms with Crippen LogP contribution in [0.5, 0.6) is 0 Å². The highest BCUT2D eigenvalue weighted by Crippen LogP contribution is 2.26. The summed E-state index contributed by atoms with van der Waals surface area (Å²) in [6.45, 7) is 4.38. The summed E-state index contributed by atoms with van der Waals surface area (Å²) in [6.07, 6.45) is 1.60. The van der Waals surface area contributed by atoms with Gasteiger partial charge in [0.05, 0.1) is 23.8 Å². The van der Waals surface area contributed by atoms with Gasteiger partial charge in [-0.05, 0) is 37.5 Å². The molecule has 1 aromatic carbocycles.